The van der Waals surface area contributed by atoms with E-state index in [1.165, 1.54) is 4.68 Å². The highest BCUT2D eigenvalue weighted by Gasteiger charge is 2.33. The first-order valence-corrected chi connectivity index (χ1v) is 13.8. The standard InChI is InChI=1S/C27H26N6O5S/c1-16(2)14-28-33-19-9-5-4-8-17(19)24(34)22(27(33)35)26-29-18-10-11-20-23(25(18)39(36,37)31-26)30-21(38-20)15-32-12-6-3-7-13-32/h3-13,16,28H,14-15H2,1-2H3,(H3-,29,31,34,35,36,37). The van der Waals surface area contributed by atoms with Crippen LogP contribution in [0.1, 0.15) is 25.3 Å². The molecule has 0 unspecified atom stereocenters. The van der Waals surface area contributed by atoms with E-state index in [1.54, 1.807) is 36.4 Å². The smallest absolute Gasteiger partial charge is 0.279 e. The fourth-order valence-electron chi connectivity index (χ4n) is 4.54. The Bertz CT molecular complexity index is 1810. The summed E-state index contributed by atoms with van der Waals surface area (Å²) in [5.74, 6) is -0.181. The van der Waals surface area contributed by atoms with Gasteiger partial charge in [-0.05, 0) is 29.5 Å². The van der Waals surface area contributed by atoms with Crippen molar-refractivity contribution in [3.63, 3.8) is 0 Å². The summed E-state index contributed by atoms with van der Waals surface area (Å²) < 4.78 is 35.5. The number of anilines is 1. The molecule has 2 aromatic carbocycles. The van der Waals surface area contributed by atoms with Crippen molar-refractivity contribution in [2.75, 3.05) is 17.3 Å². The summed E-state index contributed by atoms with van der Waals surface area (Å²) in [6, 6.07) is 15.6. The van der Waals surface area contributed by atoms with Crippen LogP contribution in [0, 0.1) is 5.92 Å². The maximum Gasteiger partial charge on any atom is 0.279 e. The van der Waals surface area contributed by atoms with Gasteiger partial charge >= 0.3 is 0 Å². The molecule has 4 heterocycles. The second-order valence-electron chi connectivity index (χ2n) is 9.65. The van der Waals surface area contributed by atoms with Gasteiger partial charge < -0.3 is 20.3 Å². The van der Waals surface area contributed by atoms with Gasteiger partial charge in [0, 0.05) is 18.7 Å². The van der Waals surface area contributed by atoms with Gasteiger partial charge in [0.25, 0.3) is 11.4 Å². The molecule has 0 bridgehead atoms. The first-order valence-electron chi connectivity index (χ1n) is 12.3. The maximum absolute atomic E-state index is 13.6. The summed E-state index contributed by atoms with van der Waals surface area (Å²) in [6.45, 7) is 4.81. The summed E-state index contributed by atoms with van der Waals surface area (Å²) in [5.41, 5.74) is 3.45. The Morgan fingerprint density at radius 2 is 1.90 bits per heavy atom. The van der Waals surface area contributed by atoms with Gasteiger partial charge in [0.2, 0.25) is 6.54 Å². The van der Waals surface area contributed by atoms with Crippen LogP contribution >= 0.6 is 10.8 Å². The molecule has 0 atom stereocenters. The minimum absolute atomic E-state index is 0.0447. The van der Waals surface area contributed by atoms with E-state index in [2.05, 4.69) is 20.1 Å². The molecule has 0 radical (unpaired) electrons. The Labute approximate surface area is 224 Å². The second kappa shape index (κ2) is 9.42. The van der Waals surface area contributed by atoms with E-state index < -0.39 is 22.1 Å². The third kappa shape index (κ3) is 4.38. The van der Waals surface area contributed by atoms with Crippen LogP contribution in [0.4, 0.5) is 5.69 Å². The number of aromatic nitrogens is 3. The number of rotatable bonds is 6. The Morgan fingerprint density at radius 1 is 1.13 bits per heavy atom. The third-order valence-corrected chi connectivity index (χ3v) is 7.73. The van der Waals surface area contributed by atoms with Gasteiger partial charge in [0.1, 0.15) is 10.4 Å². The Morgan fingerprint density at radius 3 is 2.67 bits per heavy atom. The van der Waals surface area contributed by atoms with Gasteiger partial charge in [0.05, 0.1) is 16.8 Å². The third-order valence-electron chi connectivity index (χ3n) is 6.33. The number of hydrogen-bond acceptors (Lipinski definition) is 9. The van der Waals surface area contributed by atoms with Crippen molar-refractivity contribution in [3.8, 4) is 5.75 Å². The SMILES string of the molecule is CC(C)CNn1c(=O)c(C2=NS(O)(O)c3c(ccc4oc(C[n+]5ccccc5)nc34)N2)c([O-])c2ccccc21. The van der Waals surface area contributed by atoms with Crippen LogP contribution in [-0.2, 0) is 6.54 Å². The molecule has 0 fully saturated rings. The first-order chi connectivity index (χ1) is 18.7. The lowest BCUT2D eigenvalue weighted by Gasteiger charge is -2.35. The molecule has 6 rings (SSSR count). The number of pyridine rings is 2. The Balaban J connectivity index is 1.47. The highest BCUT2D eigenvalue weighted by atomic mass is 32.3. The number of fused-ring (bicyclic) bond motifs is 4. The predicted octanol–water partition coefficient (Wildman–Crippen LogP) is 3.65. The molecule has 0 amide bonds. The molecule has 5 aromatic rings. The Kier molecular flexibility index (Phi) is 6.02. The van der Waals surface area contributed by atoms with Gasteiger partial charge in [-0.2, -0.15) is 4.57 Å². The highest BCUT2D eigenvalue weighted by Crippen LogP contribution is 2.58. The molecule has 12 heteroatoms. The van der Waals surface area contributed by atoms with Crippen molar-refractivity contribution < 1.29 is 23.2 Å². The Hall–Kier alpha value is -4.39. The van der Waals surface area contributed by atoms with Gasteiger partial charge in [-0.25, -0.2) is 9.66 Å². The summed E-state index contributed by atoms with van der Waals surface area (Å²) >= 11 is 0. The van der Waals surface area contributed by atoms with E-state index in [4.69, 9.17) is 4.42 Å². The summed E-state index contributed by atoms with van der Waals surface area (Å²) in [7, 11) is -3.86. The molecule has 1 aliphatic heterocycles. The molecule has 1 aliphatic rings. The van der Waals surface area contributed by atoms with E-state index in [0.29, 0.717) is 35.5 Å². The van der Waals surface area contributed by atoms with Crippen molar-refractivity contribution >= 4 is 44.3 Å². The minimum Gasteiger partial charge on any atom is -0.871 e. The number of nitrogens with zero attached hydrogens (tertiary/aromatic N) is 4. The zero-order valence-electron chi connectivity index (χ0n) is 21.2. The fraction of sp³-hybridized carbons (Fsp3) is 0.185. The van der Waals surface area contributed by atoms with Crippen LogP contribution in [0.3, 0.4) is 0 Å². The van der Waals surface area contributed by atoms with Crippen LogP contribution in [0.2, 0.25) is 0 Å². The normalized spacial score (nSPS) is 15.2. The summed E-state index contributed by atoms with van der Waals surface area (Å²) in [4.78, 5) is 18.2. The number of nitrogens with one attached hydrogen (secondary N) is 2. The zero-order chi connectivity index (χ0) is 27.3. The second-order valence-corrected chi connectivity index (χ2v) is 11.3. The van der Waals surface area contributed by atoms with Crippen LogP contribution < -0.4 is 26.0 Å². The van der Waals surface area contributed by atoms with Crippen molar-refractivity contribution in [3.05, 3.63) is 88.8 Å². The summed E-state index contributed by atoms with van der Waals surface area (Å²) in [5, 5.41) is 16.8. The van der Waals surface area contributed by atoms with Crippen LogP contribution in [0.25, 0.3) is 22.0 Å². The molecular formula is C27H26N6O5S. The molecule has 0 saturated heterocycles. The predicted molar refractivity (Wildman–Crippen MR) is 148 cm³/mol. The van der Waals surface area contributed by atoms with E-state index in [1.807, 2.05) is 49.0 Å². The lowest BCUT2D eigenvalue weighted by Crippen LogP contribution is -2.38. The minimum atomic E-state index is -3.86. The van der Waals surface area contributed by atoms with E-state index >= 15 is 0 Å². The van der Waals surface area contributed by atoms with Gasteiger partial charge in [-0.3, -0.25) is 13.9 Å². The van der Waals surface area contributed by atoms with Gasteiger partial charge in [-0.15, -0.1) is 4.40 Å². The van der Waals surface area contributed by atoms with Crippen molar-refractivity contribution in [1.82, 2.24) is 9.66 Å². The van der Waals surface area contributed by atoms with Crippen LogP contribution in [-0.4, -0.2) is 31.1 Å². The molecule has 4 N–H and O–H groups in total. The largest absolute Gasteiger partial charge is 0.871 e. The van der Waals surface area contributed by atoms with Crippen LogP contribution in [0.5, 0.6) is 5.75 Å². The number of oxazole rings is 1. The average molecular weight is 547 g/mol. The van der Waals surface area contributed by atoms with Gasteiger partial charge in [0.15, 0.2) is 23.8 Å². The molecule has 11 nitrogen and oxygen atoms in total. The number of benzene rings is 2. The van der Waals surface area contributed by atoms with Crippen molar-refractivity contribution in [2.45, 2.75) is 25.3 Å². The lowest BCUT2D eigenvalue weighted by molar-refractivity contribution is -0.690. The first kappa shape index (κ1) is 24.9. The topological polar surface area (TPSA) is 152 Å². The molecule has 0 saturated carbocycles. The number of amidine groups is 1. The highest BCUT2D eigenvalue weighted by molar-refractivity contribution is 8.23. The zero-order valence-corrected chi connectivity index (χ0v) is 22.0. The fourth-order valence-corrected chi connectivity index (χ4v) is 5.84. The molecule has 0 spiro atoms. The molecule has 0 aliphatic carbocycles. The van der Waals surface area contributed by atoms with E-state index in [-0.39, 0.29) is 33.4 Å². The molecule has 39 heavy (non-hydrogen) atoms. The quantitative estimate of drug-likeness (QED) is 0.236. The monoisotopic (exact) mass is 546 g/mol. The lowest BCUT2D eigenvalue weighted by atomic mass is 10.1. The molecule has 3 aromatic heterocycles. The van der Waals surface area contributed by atoms with Gasteiger partial charge in [-0.1, -0.05) is 54.6 Å². The maximum atomic E-state index is 13.6. The van der Waals surface area contributed by atoms with Crippen molar-refractivity contribution in [1.29, 1.82) is 0 Å². The van der Waals surface area contributed by atoms with Crippen LogP contribution in [0.15, 0.2) is 85.5 Å². The number of hydrogen-bond donors (Lipinski definition) is 4. The number of para-hydroxylation sites is 1. The van der Waals surface area contributed by atoms with E-state index in [0.717, 1.165) is 0 Å². The molecular weight excluding hydrogens is 520 g/mol. The summed E-state index contributed by atoms with van der Waals surface area (Å²) in [6.07, 6.45) is 3.73. The van der Waals surface area contributed by atoms with Crippen molar-refractivity contribution in [2.24, 2.45) is 10.3 Å². The molecule has 200 valence electrons. The van der Waals surface area contributed by atoms with E-state index in [9.17, 15) is 19.0 Å². The average Bonchev–Trinajstić information content (AvgIpc) is 3.30.